The van der Waals surface area contributed by atoms with E-state index >= 15 is 0 Å². The van der Waals surface area contributed by atoms with Crippen LogP contribution in [-0.2, 0) is 9.53 Å². The van der Waals surface area contributed by atoms with Crippen molar-refractivity contribution in [2.45, 2.75) is 45.6 Å². The third kappa shape index (κ3) is 2.76. The van der Waals surface area contributed by atoms with Gasteiger partial charge in [0.1, 0.15) is 5.60 Å². The Morgan fingerprint density at radius 3 is 2.44 bits per heavy atom. The molecule has 2 fully saturated rings. The Morgan fingerprint density at radius 2 is 2.00 bits per heavy atom. The predicted molar refractivity (Wildman–Crippen MR) is 65.1 cm³/mol. The van der Waals surface area contributed by atoms with Crippen LogP contribution in [0.5, 0.6) is 0 Å². The number of carbonyl (C=O) groups is 2. The number of carbonyl (C=O) groups excluding carboxylic acids is 1. The Hall–Kier alpha value is -1.26. The van der Waals surface area contributed by atoms with Gasteiger partial charge in [0.25, 0.3) is 0 Å². The predicted octanol–water partition coefficient (Wildman–Crippen LogP) is 2.01. The lowest BCUT2D eigenvalue weighted by molar-refractivity contribution is -0.143. The number of nitrogens with one attached hydrogen (secondary N) is 1. The Balaban J connectivity index is 1.84. The van der Waals surface area contributed by atoms with E-state index < -0.39 is 23.1 Å². The summed E-state index contributed by atoms with van der Waals surface area (Å²) in [7, 11) is 0. The molecule has 2 saturated carbocycles. The van der Waals surface area contributed by atoms with Gasteiger partial charge in [-0.25, -0.2) is 4.79 Å². The summed E-state index contributed by atoms with van der Waals surface area (Å²) >= 11 is 0. The lowest BCUT2D eigenvalue weighted by Gasteiger charge is -2.21. The average molecular weight is 255 g/mol. The lowest BCUT2D eigenvalue weighted by Crippen LogP contribution is -2.39. The molecular formula is C13H21NO4. The van der Waals surface area contributed by atoms with Gasteiger partial charge in [-0.1, -0.05) is 0 Å². The summed E-state index contributed by atoms with van der Waals surface area (Å²) in [4.78, 5) is 22.9. The van der Waals surface area contributed by atoms with Crippen molar-refractivity contribution in [3.05, 3.63) is 0 Å². The number of carboxylic acid groups (broad SMARTS) is 1. The van der Waals surface area contributed by atoms with Gasteiger partial charge < -0.3 is 15.2 Å². The van der Waals surface area contributed by atoms with Crippen molar-refractivity contribution in [1.29, 1.82) is 0 Å². The second-order valence-electron chi connectivity index (χ2n) is 6.46. The summed E-state index contributed by atoms with van der Waals surface area (Å²) in [5.74, 6) is 0.00179. The molecule has 2 aliphatic carbocycles. The maximum Gasteiger partial charge on any atom is 0.407 e. The van der Waals surface area contributed by atoms with Crippen LogP contribution in [0.25, 0.3) is 0 Å². The van der Waals surface area contributed by atoms with Gasteiger partial charge in [0.05, 0.1) is 5.41 Å². The normalized spacial score (nSPS) is 30.7. The summed E-state index contributed by atoms with van der Waals surface area (Å²) in [6, 6.07) is 0. The number of hydrogen-bond acceptors (Lipinski definition) is 3. The van der Waals surface area contributed by atoms with E-state index in [1.807, 2.05) is 0 Å². The number of alkyl carbamates (subject to hydrolysis) is 1. The van der Waals surface area contributed by atoms with E-state index in [4.69, 9.17) is 4.74 Å². The first-order valence-corrected chi connectivity index (χ1v) is 6.45. The first kappa shape index (κ1) is 13.2. The van der Waals surface area contributed by atoms with Gasteiger partial charge in [-0.15, -0.1) is 0 Å². The zero-order chi connectivity index (χ0) is 13.6. The molecule has 0 aliphatic heterocycles. The quantitative estimate of drug-likeness (QED) is 0.805. The molecule has 2 rings (SSSR count). The number of aliphatic carboxylic acids is 1. The van der Waals surface area contributed by atoms with Crippen LogP contribution in [0.4, 0.5) is 4.79 Å². The van der Waals surface area contributed by atoms with Crippen molar-refractivity contribution in [3.8, 4) is 0 Å². The van der Waals surface area contributed by atoms with E-state index in [1.54, 1.807) is 20.8 Å². The highest BCUT2D eigenvalue weighted by molar-refractivity contribution is 5.80. The lowest BCUT2D eigenvalue weighted by atomic mass is 10.0. The molecule has 1 amide bonds. The van der Waals surface area contributed by atoms with Crippen molar-refractivity contribution in [3.63, 3.8) is 0 Å². The minimum atomic E-state index is -0.796. The van der Waals surface area contributed by atoms with Gasteiger partial charge in [-0.05, 0) is 51.9 Å². The molecular weight excluding hydrogens is 234 g/mol. The van der Waals surface area contributed by atoms with Crippen LogP contribution in [0.2, 0.25) is 0 Å². The summed E-state index contributed by atoms with van der Waals surface area (Å²) in [5.41, 5.74) is -1.29. The molecule has 102 valence electrons. The summed E-state index contributed by atoms with van der Waals surface area (Å²) in [6.07, 6.45) is 2.41. The smallest absolute Gasteiger partial charge is 0.407 e. The molecule has 18 heavy (non-hydrogen) atoms. The van der Waals surface area contributed by atoms with E-state index in [1.165, 1.54) is 0 Å². The molecule has 0 aromatic rings. The van der Waals surface area contributed by atoms with Crippen molar-refractivity contribution >= 4 is 12.1 Å². The van der Waals surface area contributed by atoms with E-state index in [2.05, 4.69) is 5.32 Å². The highest BCUT2D eigenvalue weighted by Gasteiger charge is 2.64. The Bertz CT molecular complexity index is 370. The second-order valence-corrected chi connectivity index (χ2v) is 6.46. The number of rotatable bonds is 4. The molecule has 0 aromatic heterocycles. The Morgan fingerprint density at radius 1 is 1.39 bits per heavy atom. The molecule has 0 saturated heterocycles. The summed E-state index contributed by atoms with van der Waals surface area (Å²) < 4.78 is 5.11. The first-order valence-electron chi connectivity index (χ1n) is 6.45. The Kier molecular flexibility index (Phi) is 3.03. The fourth-order valence-electron chi connectivity index (χ4n) is 2.52. The summed E-state index contributed by atoms with van der Waals surface area (Å²) in [5, 5.41) is 11.9. The molecule has 0 unspecified atom stereocenters. The third-order valence-corrected chi connectivity index (χ3v) is 3.70. The van der Waals surface area contributed by atoms with Crippen LogP contribution in [0, 0.1) is 17.3 Å². The number of amides is 1. The van der Waals surface area contributed by atoms with Crippen LogP contribution in [0.1, 0.15) is 40.0 Å². The van der Waals surface area contributed by atoms with Crippen LogP contribution >= 0.6 is 0 Å². The molecule has 5 nitrogen and oxygen atoms in total. The van der Waals surface area contributed by atoms with Gasteiger partial charge in [0.15, 0.2) is 0 Å². The zero-order valence-corrected chi connectivity index (χ0v) is 11.2. The molecule has 2 atom stereocenters. The first-order chi connectivity index (χ1) is 8.24. The largest absolute Gasteiger partial charge is 0.481 e. The SMILES string of the molecule is CC(C)(C)OC(=O)NC[C@@]1(C(=O)O)C[C@@H]1C1CC1. The zero-order valence-electron chi connectivity index (χ0n) is 11.2. The highest BCUT2D eigenvalue weighted by Crippen LogP contribution is 2.62. The van der Waals surface area contributed by atoms with Crippen LogP contribution in [-0.4, -0.2) is 29.3 Å². The minimum Gasteiger partial charge on any atom is -0.481 e. The van der Waals surface area contributed by atoms with Crippen molar-refractivity contribution < 1.29 is 19.4 Å². The van der Waals surface area contributed by atoms with Crippen LogP contribution < -0.4 is 5.32 Å². The monoisotopic (exact) mass is 255 g/mol. The molecule has 0 bridgehead atoms. The number of ether oxygens (including phenoxy) is 1. The molecule has 0 heterocycles. The Labute approximate surface area is 107 Å². The maximum atomic E-state index is 11.5. The highest BCUT2D eigenvalue weighted by atomic mass is 16.6. The summed E-state index contributed by atoms with van der Waals surface area (Å²) in [6.45, 7) is 5.52. The number of carboxylic acids is 1. The van der Waals surface area contributed by atoms with Gasteiger partial charge in [-0.3, -0.25) is 4.79 Å². The van der Waals surface area contributed by atoms with E-state index in [0.717, 1.165) is 12.8 Å². The van der Waals surface area contributed by atoms with Crippen molar-refractivity contribution in [2.24, 2.45) is 17.3 Å². The molecule has 2 N–H and O–H groups in total. The van der Waals surface area contributed by atoms with E-state index in [-0.39, 0.29) is 12.5 Å². The molecule has 5 heteroatoms. The molecule has 0 spiro atoms. The number of hydrogen-bond donors (Lipinski definition) is 2. The maximum absolute atomic E-state index is 11.5. The molecule has 0 aromatic carbocycles. The van der Waals surface area contributed by atoms with Crippen molar-refractivity contribution in [1.82, 2.24) is 5.32 Å². The van der Waals surface area contributed by atoms with Crippen LogP contribution in [0.3, 0.4) is 0 Å². The van der Waals surface area contributed by atoms with Crippen molar-refractivity contribution in [2.75, 3.05) is 6.54 Å². The van der Waals surface area contributed by atoms with E-state index in [0.29, 0.717) is 12.3 Å². The van der Waals surface area contributed by atoms with Gasteiger partial charge in [0, 0.05) is 6.54 Å². The van der Waals surface area contributed by atoms with E-state index in [9.17, 15) is 14.7 Å². The molecule has 0 radical (unpaired) electrons. The standard InChI is InChI=1S/C13H21NO4/c1-12(2,3)18-11(17)14-7-13(10(15)16)6-9(13)8-4-5-8/h8-9H,4-7H2,1-3H3,(H,14,17)(H,15,16)/t9-,13+/m1/s1. The van der Waals surface area contributed by atoms with Gasteiger partial charge in [0.2, 0.25) is 0 Å². The topological polar surface area (TPSA) is 75.6 Å². The van der Waals surface area contributed by atoms with Gasteiger partial charge in [-0.2, -0.15) is 0 Å². The van der Waals surface area contributed by atoms with Gasteiger partial charge >= 0.3 is 12.1 Å². The second kappa shape index (κ2) is 4.14. The minimum absolute atomic E-state index is 0.179. The average Bonchev–Trinajstić information content (AvgIpc) is 3.06. The fraction of sp³-hybridized carbons (Fsp3) is 0.846. The molecule has 2 aliphatic rings. The van der Waals surface area contributed by atoms with Crippen LogP contribution in [0.15, 0.2) is 0 Å². The third-order valence-electron chi connectivity index (χ3n) is 3.70. The fourth-order valence-corrected chi connectivity index (χ4v) is 2.52.